The van der Waals surface area contributed by atoms with E-state index in [2.05, 4.69) is 25.3 Å². The summed E-state index contributed by atoms with van der Waals surface area (Å²) >= 11 is 0. The fourth-order valence-corrected chi connectivity index (χ4v) is 6.67. The van der Waals surface area contributed by atoms with Crippen molar-refractivity contribution >= 4 is 23.2 Å². The van der Waals surface area contributed by atoms with Gasteiger partial charge in [-0.25, -0.2) is 9.97 Å². The van der Waals surface area contributed by atoms with E-state index >= 15 is 0 Å². The van der Waals surface area contributed by atoms with Crippen LogP contribution in [0.15, 0.2) is 100 Å². The summed E-state index contributed by atoms with van der Waals surface area (Å²) in [6.07, 6.45) is 8.58. The lowest BCUT2D eigenvalue weighted by Gasteiger charge is -2.35. The summed E-state index contributed by atoms with van der Waals surface area (Å²) in [5.41, 5.74) is 7.18. The summed E-state index contributed by atoms with van der Waals surface area (Å²) in [6.45, 7) is 10.9. The van der Waals surface area contributed by atoms with Crippen LogP contribution in [0.1, 0.15) is 44.5 Å². The second-order valence-electron chi connectivity index (χ2n) is 14.0. The Kier molecular flexibility index (Phi) is 7.68. The standard InChI is InChI=1S/C22H21N3O3.C18H15N3O2/c1-13-8-15(6-7-23-13)20-24-10-19(28-20)14-4-5-17-18(9-14)25(16-11-27-12-16)21(26)22(17,2)3;1-18(2)13-6-5-11(8-14(13)21-17(18)22)15-10-20-16(23-15)12-4-3-7-19-9-12/h4-10,16H,11-12H2,1-3H3;3-10H,1-2H3,(H,21,22). The second kappa shape index (κ2) is 12.1. The highest BCUT2D eigenvalue weighted by Crippen LogP contribution is 2.45. The number of amides is 2. The van der Waals surface area contributed by atoms with Crippen LogP contribution in [0.5, 0.6) is 0 Å². The molecule has 3 aliphatic rings. The van der Waals surface area contributed by atoms with Crippen molar-refractivity contribution in [3.05, 3.63) is 108 Å². The lowest BCUT2D eigenvalue weighted by molar-refractivity contribution is -0.124. The maximum atomic E-state index is 13.0. The minimum atomic E-state index is -0.537. The topological polar surface area (TPSA) is 136 Å². The molecule has 7 heterocycles. The van der Waals surface area contributed by atoms with Crippen LogP contribution in [0.4, 0.5) is 11.4 Å². The maximum Gasteiger partial charge on any atom is 0.237 e. The molecule has 2 amide bonds. The van der Waals surface area contributed by atoms with Crippen molar-refractivity contribution in [1.29, 1.82) is 0 Å². The van der Waals surface area contributed by atoms with E-state index in [0.29, 0.717) is 36.5 Å². The molecular formula is C40H36N6O5. The number of fused-ring (bicyclic) bond motifs is 2. The smallest absolute Gasteiger partial charge is 0.237 e. The Morgan fingerprint density at radius 3 is 2.06 bits per heavy atom. The molecule has 3 aliphatic heterocycles. The fourth-order valence-electron chi connectivity index (χ4n) is 6.67. The van der Waals surface area contributed by atoms with Gasteiger partial charge in [0, 0.05) is 52.3 Å². The first-order chi connectivity index (χ1) is 24.5. The molecule has 11 heteroatoms. The molecule has 4 aromatic heterocycles. The second-order valence-corrected chi connectivity index (χ2v) is 14.0. The van der Waals surface area contributed by atoms with E-state index in [1.807, 2.05) is 100 Å². The van der Waals surface area contributed by atoms with Gasteiger partial charge >= 0.3 is 0 Å². The Morgan fingerprint density at radius 2 is 1.41 bits per heavy atom. The lowest BCUT2D eigenvalue weighted by atomic mass is 9.86. The summed E-state index contributed by atoms with van der Waals surface area (Å²) < 4.78 is 17.2. The molecule has 0 radical (unpaired) electrons. The highest BCUT2D eigenvalue weighted by molar-refractivity contribution is 6.09. The molecule has 11 nitrogen and oxygen atoms in total. The van der Waals surface area contributed by atoms with Gasteiger partial charge in [-0.05, 0) is 82.1 Å². The van der Waals surface area contributed by atoms with Gasteiger partial charge in [-0.15, -0.1) is 0 Å². The van der Waals surface area contributed by atoms with E-state index in [1.54, 1.807) is 31.0 Å². The van der Waals surface area contributed by atoms with Gasteiger partial charge in [-0.3, -0.25) is 19.6 Å². The molecule has 1 N–H and O–H groups in total. The molecule has 0 unspecified atom stereocenters. The van der Waals surface area contributed by atoms with E-state index in [4.69, 9.17) is 13.6 Å². The average molecular weight is 681 g/mol. The zero-order valence-corrected chi connectivity index (χ0v) is 28.9. The number of oxazole rings is 2. The predicted molar refractivity (Wildman–Crippen MR) is 192 cm³/mol. The van der Waals surface area contributed by atoms with E-state index in [9.17, 15) is 9.59 Å². The summed E-state index contributed by atoms with van der Waals surface area (Å²) in [5.74, 6) is 2.55. The number of nitrogens with zero attached hydrogens (tertiary/aromatic N) is 5. The first-order valence-electron chi connectivity index (χ1n) is 16.8. The quantitative estimate of drug-likeness (QED) is 0.198. The van der Waals surface area contributed by atoms with Gasteiger partial charge in [0.25, 0.3) is 0 Å². The van der Waals surface area contributed by atoms with Gasteiger partial charge in [-0.2, -0.15) is 0 Å². The molecule has 6 aromatic rings. The van der Waals surface area contributed by atoms with Crippen LogP contribution in [0, 0.1) is 6.92 Å². The minimum Gasteiger partial charge on any atom is -0.436 e. The number of hydrogen-bond donors (Lipinski definition) is 1. The van der Waals surface area contributed by atoms with Gasteiger partial charge in [-0.1, -0.05) is 24.3 Å². The van der Waals surface area contributed by atoms with Crippen LogP contribution in [-0.4, -0.2) is 51.0 Å². The number of carbonyl (C=O) groups is 2. The number of pyridine rings is 2. The molecule has 256 valence electrons. The number of hydrogen-bond acceptors (Lipinski definition) is 9. The van der Waals surface area contributed by atoms with Crippen molar-refractivity contribution in [1.82, 2.24) is 19.9 Å². The van der Waals surface area contributed by atoms with Crippen LogP contribution >= 0.6 is 0 Å². The van der Waals surface area contributed by atoms with Crippen LogP contribution in [0.2, 0.25) is 0 Å². The molecule has 0 spiro atoms. The molecule has 51 heavy (non-hydrogen) atoms. The molecule has 2 aromatic carbocycles. The van der Waals surface area contributed by atoms with E-state index < -0.39 is 10.8 Å². The monoisotopic (exact) mass is 680 g/mol. The van der Waals surface area contributed by atoms with Crippen molar-refractivity contribution in [2.75, 3.05) is 23.4 Å². The van der Waals surface area contributed by atoms with Gasteiger partial charge in [0.2, 0.25) is 23.6 Å². The summed E-state index contributed by atoms with van der Waals surface area (Å²) in [7, 11) is 0. The average Bonchev–Trinajstić information content (AvgIpc) is 3.88. The Morgan fingerprint density at radius 1 is 0.725 bits per heavy atom. The number of rotatable bonds is 5. The summed E-state index contributed by atoms with van der Waals surface area (Å²) in [6, 6.07) is 19.6. The van der Waals surface area contributed by atoms with Gasteiger partial charge in [0.05, 0.1) is 48.0 Å². The number of anilines is 2. The highest BCUT2D eigenvalue weighted by Gasteiger charge is 2.48. The van der Waals surface area contributed by atoms with Crippen molar-refractivity contribution in [2.24, 2.45) is 0 Å². The van der Waals surface area contributed by atoms with Gasteiger partial charge < -0.3 is 23.8 Å². The van der Waals surface area contributed by atoms with Gasteiger partial charge in [0.15, 0.2) is 11.5 Å². The first kappa shape index (κ1) is 32.3. The number of nitrogens with one attached hydrogen (secondary N) is 1. The highest BCUT2D eigenvalue weighted by atomic mass is 16.5. The summed E-state index contributed by atoms with van der Waals surface area (Å²) in [5, 5.41) is 2.93. The Bertz CT molecular complexity index is 2300. The molecule has 1 fully saturated rings. The molecule has 9 rings (SSSR count). The first-order valence-corrected chi connectivity index (χ1v) is 16.8. The van der Waals surface area contributed by atoms with Crippen LogP contribution in [0.25, 0.3) is 45.6 Å². The molecule has 0 saturated carbocycles. The third-order valence-corrected chi connectivity index (χ3v) is 9.81. The van der Waals surface area contributed by atoms with Gasteiger partial charge in [0.1, 0.15) is 0 Å². The molecule has 0 atom stereocenters. The van der Waals surface area contributed by atoms with Crippen LogP contribution < -0.4 is 10.2 Å². The van der Waals surface area contributed by atoms with Crippen molar-refractivity contribution in [3.8, 4) is 45.6 Å². The fraction of sp³-hybridized carbons (Fsp3) is 0.250. The van der Waals surface area contributed by atoms with Crippen molar-refractivity contribution in [3.63, 3.8) is 0 Å². The number of ether oxygens (including phenoxy) is 1. The van der Waals surface area contributed by atoms with Crippen molar-refractivity contribution in [2.45, 2.75) is 51.5 Å². The Balaban J connectivity index is 0.000000150. The van der Waals surface area contributed by atoms with E-state index in [-0.39, 0.29) is 17.9 Å². The number of aromatic nitrogens is 4. The molecule has 1 saturated heterocycles. The molecule has 0 aliphatic carbocycles. The van der Waals surface area contributed by atoms with Crippen LogP contribution in [0.3, 0.4) is 0 Å². The third kappa shape index (κ3) is 5.59. The summed E-state index contributed by atoms with van der Waals surface area (Å²) in [4.78, 5) is 44.0. The molecule has 0 bridgehead atoms. The van der Waals surface area contributed by atoms with Crippen molar-refractivity contribution < 1.29 is 23.2 Å². The van der Waals surface area contributed by atoms with E-state index in [1.165, 1.54) is 0 Å². The molecular weight excluding hydrogens is 644 g/mol. The lowest BCUT2D eigenvalue weighted by Crippen LogP contribution is -2.52. The zero-order valence-electron chi connectivity index (χ0n) is 28.9. The zero-order chi connectivity index (χ0) is 35.5. The largest absolute Gasteiger partial charge is 0.436 e. The normalized spacial score (nSPS) is 16.9. The maximum absolute atomic E-state index is 13.0. The SMILES string of the molecule is CC1(C)C(=O)Nc2cc(-c3cnc(-c4cccnc4)o3)ccc21.Cc1cc(-c2ncc(-c3ccc4c(c3)N(C3COC3)C(=O)C4(C)C)o2)ccn1. The Hall–Kier alpha value is -5.94. The number of benzene rings is 2. The number of carbonyl (C=O) groups excluding carboxylic acids is 2. The van der Waals surface area contributed by atoms with Crippen LogP contribution in [-0.2, 0) is 25.2 Å². The minimum absolute atomic E-state index is 0.0123. The third-order valence-electron chi connectivity index (χ3n) is 9.81. The van der Waals surface area contributed by atoms with E-state index in [0.717, 1.165) is 50.4 Å². The Labute approximate surface area is 294 Å². The number of aryl methyl sites for hydroxylation is 1. The predicted octanol–water partition coefficient (Wildman–Crippen LogP) is 7.37.